The van der Waals surface area contributed by atoms with Crippen molar-refractivity contribution >= 4 is 0 Å². The van der Waals surface area contributed by atoms with Crippen LogP contribution < -0.4 is 5.32 Å². The number of hydrogen-bond acceptors (Lipinski definition) is 4. The minimum Gasteiger partial charge on any atom is -0.360 e. The second-order valence-corrected chi connectivity index (χ2v) is 5.26. The molecule has 1 aromatic carbocycles. The molecular weight excluding hydrogens is 269 g/mol. The van der Waals surface area contributed by atoms with Gasteiger partial charge in [-0.1, -0.05) is 24.2 Å². The lowest BCUT2D eigenvalue weighted by atomic mass is 10.2. The molecule has 5 heteroatoms. The SMILES string of the molecule is CCCNCc1cc(CN(C)Cc2cccc(F)c2)on1. The number of aromatic nitrogens is 1. The van der Waals surface area contributed by atoms with Crippen LogP contribution in [0.4, 0.5) is 4.39 Å². The molecule has 0 fully saturated rings. The number of hydrogen-bond donors (Lipinski definition) is 1. The van der Waals surface area contributed by atoms with Crippen molar-refractivity contribution in [1.29, 1.82) is 0 Å². The van der Waals surface area contributed by atoms with Crippen LogP contribution >= 0.6 is 0 Å². The molecule has 0 aliphatic heterocycles. The topological polar surface area (TPSA) is 41.3 Å². The molecule has 1 heterocycles. The Morgan fingerprint density at radius 1 is 1.29 bits per heavy atom. The fourth-order valence-corrected chi connectivity index (χ4v) is 2.18. The number of halogens is 1. The normalized spacial score (nSPS) is 11.2. The standard InChI is InChI=1S/C16H22FN3O/c1-3-7-18-10-15-9-16(21-19-15)12-20(2)11-13-5-4-6-14(17)8-13/h4-6,8-9,18H,3,7,10-12H2,1-2H3. The van der Waals surface area contributed by atoms with E-state index in [0.717, 1.165) is 36.5 Å². The zero-order valence-electron chi connectivity index (χ0n) is 12.6. The quantitative estimate of drug-likeness (QED) is 0.759. The molecule has 4 nitrogen and oxygen atoms in total. The van der Waals surface area contributed by atoms with Crippen LogP contribution in [-0.2, 0) is 19.6 Å². The summed E-state index contributed by atoms with van der Waals surface area (Å²) in [5.41, 5.74) is 1.86. The van der Waals surface area contributed by atoms with Crippen LogP contribution in [0.3, 0.4) is 0 Å². The fraction of sp³-hybridized carbons (Fsp3) is 0.438. The number of nitrogens with one attached hydrogen (secondary N) is 1. The molecule has 0 radical (unpaired) electrons. The first-order valence-corrected chi connectivity index (χ1v) is 7.25. The molecule has 114 valence electrons. The molecule has 0 unspecified atom stereocenters. The van der Waals surface area contributed by atoms with Crippen molar-refractivity contribution in [3.05, 3.63) is 53.2 Å². The van der Waals surface area contributed by atoms with E-state index in [4.69, 9.17) is 4.52 Å². The molecule has 0 aliphatic rings. The maximum absolute atomic E-state index is 13.1. The second-order valence-electron chi connectivity index (χ2n) is 5.26. The van der Waals surface area contributed by atoms with Crippen molar-refractivity contribution in [1.82, 2.24) is 15.4 Å². The summed E-state index contributed by atoms with van der Waals surface area (Å²) in [6.07, 6.45) is 1.10. The zero-order chi connectivity index (χ0) is 15.1. The Morgan fingerprint density at radius 2 is 2.14 bits per heavy atom. The third kappa shape index (κ3) is 5.28. The van der Waals surface area contributed by atoms with Gasteiger partial charge >= 0.3 is 0 Å². The minimum absolute atomic E-state index is 0.204. The minimum atomic E-state index is -0.204. The molecular formula is C16H22FN3O. The Labute approximate surface area is 124 Å². The average Bonchev–Trinajstić information content (AvgIpc) is 2.86. The highest BCUT2D eigenvalue weighted by Crippen LogP contribution is 2.10. The lowest BCUT2D eigenvalue weighted by molar-refractivity contribution is 0.265. The first-order valence-electron chi connectivity index (χ1n) is 7.25. The van der Waals surface area contributed by atoms with Gasteiger partial charge in [-0.2, -0.15) is 0 Å². The molecule has 1 aromatic heterocycles. The average molecular weight is 291 g/mol. The van der Waals surface area contributed by atoms with Gasteiger partial charge in [-0.25, -0.2) is 4.39 Å². The Balaban J connectivity index is 1.83. The van der Waals surface area contributed by atoms with Gasteiger partial charge in [0.25, 0.3) is 0 Å². The summed E-state index contributed by atoms with van der Waals surface area (Å²) >= 11 is 0. The van der Waals surface area contributed by atoms with Gasteiger partial charge in [0, 0.05) is 19.2 Å². The van der Waals surface area contributed by atoms with Crippen molar-refractivity contribution in [2.45, 2.75) is 33.0 Å². The fourth-order valence-electron chi connectivity index (χ4n) is 2.18. The van der Waals surface area contributed by atoms with Crippen molar-refractivity contribution in [2.75, 3.05) is 13.6 Å². The third-order valence-electron chi connectivity index (χ3n) is 3.11. The van der Waals surface area contributed by atoms with Crippen LogP contribution in [0.2, 0.25) is 0 Å². The lowest BCUT2D eigenvalue weighted by Crippen LogP contribution is -2.17. The van der Waals surface area contributed by atoms with Crippen LogP contribution in [-0.4, -0.2) is 23.6 Å². The highest BCUT2D eigenvalue weighted by molar-refractivity contribution is 5.16. The third-order valence-corrected chi connectivity index (χ3v) is 3.11. The first-order chi connectivity index (χ1) is 10.2. The monoisotopic (exact) mass is 291 g/mol. The molecule has 0 amide bonds. The number of rotatable bonds is 8. The first kappa shape index (κ1) is 15.7. The molecule has 0 spiro atoms. The van der Waals surface area contributed by atoms with Crippen molar-refractivity contribution in [3.8, 4) is 0 Å². The Kier molecular flexibility index (Phi) is 5.90. The van der Waals surface area contributed by atoms with Crippen LogP contribution in [0, 0.1) is 5.82 Å². The summed E-state index contributed by atoms with van der Waals surface area (Å²) in [6.45, 7) is 5.15. The van der Waals surface area contributed by atoms with E-state index in [1.54, 1.807) is 12.1 Å². The number of benzene rings is 1. The lowest BCUT2D eigenvalue weighted by Gasteiger charge is -2.14. The van der Waals surface area contributed by atoms with E-state index in [9.17, 15) is 4.39 Å². The molecule has 0 bridgehead atoms. The molecule has 1 N–H and O–H groups in total. The summed E-state index contributed by atoms with van der Waals surface area (Å²) in [7, 11) is 1.97. The summed E-state index contributed by atoms with van der Waals surface area (Å²) in [5.74, 6) is 0.618. The molecule has 0 aliphatic carbocycles. The van der Waals surface area contributed by atoms with Crippen molar-refractivity contribution in [3.63, 3.8) is 0 Å². The molecule has 0 saturated heterocycles. The van der Waals surface area contributed by atoms with Gasteiger partial charge in [0.15, 0.2) is 5.76 Å². The summed E-state index contributed by atoms with van der Waals surface area (Å²) in [4.78, 5) is 2.07. The Morgan fingerprint density at radius 3 is 2.90 bits per heavy atom. The molecule has 0 saturated carbocycles. The molecule has 0 atom stereocenters. The van der Waals surface area contributed by atoms with E-state index in [2.05, 4.69) is 22.3 Å². The van der Waals surface area contributed by atoms with Crippen molar-refractivity contribution in [2.24, 2.45) is 0 Å². The van der Waals surface area contributed by atoms with E-state index in [-0.39, 0.29) is 5.82 Å². The van der Waals surface area contributed by atoms with Gasteiger partial charge in [0.1, 0.15) is 5.82 Å². The van der Waals surface area contributed by atoms with Crippen LogP contribution in [0.1, 0.15) is 30.4 Å². The van der Waals surface area contributed by atoms with Crippen molar-refractivity contribution < 1.29 is 8.91 Å². The van der Waals surface area contributed by atoms with E-state index in [1.165, 1.54) is 6.07 Å². The maximum atomic E-state index is 13.1. The molecule has 21 heavy (non-hydrogen) atoms. The van der Waals surface area contributed by atoms with Crippen LogP contribution in [0.5, 0.6) is 0 Å². The van der Waals surface area contributed by atoms with Gasteiger partial charge in [-0.3, -0.25) is 4.90 Å². The zero-order valence-corrected chi connectivity index (χ0v) is 12.6. The van der Waals surface area contributed by atoms with Gasteiger partial charge in [-0.05, 0) is 37.7 Å². The van der Waals surface area contributed by atoms with Gasteiger partial charge in [0.05, 0.1) is 12.2 Å². The van der Waals surface area contributed by atoms with Gasteiger partial charge in [-0.15, -0.1) is 0 Å². The van der Waals surface area contributed by atoms with Gasteiger partial charge < -0.3 is 9.84 Å². The predicted octanol–water partition coefficient (Wildman–Crippen LogP) is 2.95. The highest BCUT2D eigenvalue weighted by atomic mass is 19.1. The Bertz CT molecular complexity index is 556. The second kappa shape index (κ2) is 7.90. The summed E-state index contributed by atoms with van der Waals surface area (Å²) in [6, 6.07) is 8.61. The highest BCUT2D eigenvalue weighted by Gasteiger charge is 2.08. The van der Waals surface area contributed by atoms with E-state index in [1.807, 2.05) is 19.2 Å². The molecule has 2 aromatic rings. The molecule has 2 rings (SSSR count). The largest absolute Gasteiger partial charge is 0.360 e. The maximum Gasteiger partial charge on any atom is 0.151 e. The van der Waals surface area contributed by atoms with E-state index >= 15 is 0 Å². The predicted molar refractivity (Wildman–Crippen MR) is 80.1 cm³/mol. The smallest absolute Gasteiger partial charge is 0.151 e. The summed E-state index contributed by atoms with van der Waals surface area (Å²) < 4.78 is 18.5. The summed E-state index contributed by atoms with van der Waals surface area (Å²) in [5, 5.41) is 7.32. The Hall–Kier alpha value is -1.72. The van der Waals surface area contributed by atoms with E-state index < -0.39 is 0 Å². The van der Waals surface area contributed by atoms with Crippen LogP contribution in [0.15, 0.2) is 34.9 Å². The van der Waals surface area contributed by atoms with Gasteiger partial charge in [0.2, 0.25) is 0 Å². The van der Waals surface area contributed by atoms with Crippen LogP contribution in [0.25, 0.3) is 0 Å². The van der Waals surface area contributed by atoms with E-state index in [0.29, 0.717) is 13.1 Å². The number of nitrogens with zero attached hydrogens (tertiary/aromatic N) is 2.